The lowest BCUT2D eigenvalue weighted by Gasteiger charge is -2.20. The van der Waals surface area contributed by atoms with Crippen molar-refractivity contribution in [3.05, 3.63) is 217 Å². The number of furan rings is 2. The maximum absolute atomic E-state index is 7.13. The lowest BCUT2D eigenvalue weighted by atomic mass is 9.90. The smallest absolute Gasteiger partial charge is 0.160 e. The molecule has 13 aromatic rings. The van der Waals surface area contributed by atoms with Crippen LogP contribution in [0.5, 0.6) is 0 Å². The van der Waals surface area contributed by atoms with Crippen LogP contribution in [0.15, 0.2) is 219 Å². The monoisotopic (exact) mass is 845 g/mol. The van der Waals surface area contributed by atoms with E-state index in [2.05, 4.69) is 193 Å². The predicted octanol–water partition coefficient (Wildman–Crippen LogP) is 16.4. The van der Waals surface area contributed by atoms with Crippen molar-refractivity contribution in [2.75, 3.05) is 0 Å². The van der Waals surface area contributed by atoms with Gasteiger partial charge < -0.3 is 13.4 Å². The van der Waals surface area contributed by atoms with Crippen LogP contribution in [-0.4, -0.2) is 16.1 Å². The SMILES string of the molecule is CC1C/C=C(c2cccc3c2oc2ccccc23)/N=C(c2ccc(-n3c4cc5ccccc5cc4c4ccc5ccccc5c43)c3oc4ccccc4c23)\N=C/1c1cccc2ccccc12. The minimum atomic E-state index is 0.0581. The molecule has 5 nitrogen and oxygen atoms in total. The second-order valence-electron chi connectivity index (χ2n) is 17.6. The van der Waals surface area contributed by atoms with Gasteiger partial charge in [0.05, 0.1) is 28.1 Å². The molecule has 0 spiro atoms. The van der Waals surface area contributed by atoms with Crippen molar-refractivity contribution in [1.82, 2.24) is 4.57 Å². The molecule has 5 heteroatoms. The third kappa shape index (κ3) is 5.47. The molecule has 0 bridgehead atoms. The molecular formula is C61H39N3O2. The van der Waals surface area contributed by atoms with Gasteiger partial charge in [-0.05, 0) is 75.8 Å². The molecule has 0 saturated carbocycles. The molecule has 3 aromatic heterocycles. The summed E-state index contributed by atoms with van der Waals surface area (Å²) in [4.78, 5) is 11.4. The summed E-state index contributed by atoms with van der Waals surface area (Å²) in [6, 6.07) is 69.0. The van der Waals surface area contributed by atoms with Gasteiger partial charge in [-0.3, -0.25) is 0 Å². The number of allylic oxidation sites excluding steroid dienone is 1. The second kappa shape index (κ2) is 14.2. The summed E-state index contributed by atoms with van der Waals surface area (Å²) in [5.41, 5.74) is 11.2. The quantitative estimate of drug-likeness (QED) is 0.177. The number of hydrogen-bond donors (Lipinski definition) is 0. The number of rotatable bonds is 4. The Balaban J connectivity index is 1.09. The second-order valence-corrected chi connectivity index (χ2v) is 17.6. The van der Waals surface area contributed by atoms with Gasteiger partial charge in [-0.2, -0.15) is 0 Å². The van der Waals surface area contributed by atoms with E-state index < -0.39 is 0 Å². The number of fused-ring (bicyclic) bond motifs is 13. The Hall–Kier alpha value is -8.54. The van der Waals surface area contributed by atoms with E-state index in [1.54, 1.807) is 0 Å². The van der Waals surface area contributed by atoms with Crippen LogP contribution < -0.4 is 0 Å². The molecule has 0 radical (unpaired) electrons. The summed E-state index contributed by atoms with van der Waals surface area (Å²) in [6.45, 7) is 2.28. The molecule has 1 aliphatic rings. The largest absolute Gasteiger partial charge is 0.455 e. The van der Waals surface area contributed by atoms with Crippen molar-refractivity contribution in [2.45, 2.75) is 13.3 Å². The zero-order chi connectivity index (χ0) is 43.5. The number of aromatic nitrogens is 1. The van der Waals surface area contributed by atoms with Crippen LogP contribution in [0.2, 0.25) is 0 Å². The highest BCUT2D eigenvalue weighted by atomic mass is 16.3. The fraction of sp³-hybridized carbons (Fsp3) is 0.0492. The van der Waals surface area contributed by atoms with Gasteiger partial charge in [0, 0.05) is 60.3 Å². The number of para-hydroxylation sites is 3. The Morgan fingerprint density at radius 3 is 1.91 bits per heavy atom. The van der Waals surface area contributed by atoms with Gasteiger partial charge in [0.2, 0.25) is 0 Å². The average molecular weight is 846 g/mol. The molecule has 310 valence electrons. The number of benzene rings is 10. The van der Waals surface area contributed by atoms with E-state index in [9.17, 15) is 0 Å². The molecule has 0 amide bonds. The first-order valence-corrected chi connectivity index (χ1v) is 22.7. The Labute approximate surface area is 378 Å². The average Bonchev–Trinajstić information content (AvgIpc) is 4.05. The summed E-state index contributed by atoms with van der Waals surface area (Å²) in [5.74, 6) is 0.674. The Morgan fingerprint density at radius 1 is 0.455 bits per heavy atom. The number of amidine groups is 1. The topological polar surface area (TPSA) is 55.9 Å². The van der Waals surface area contributed by atoms with Crippen LogP contribution in [0.1, 0.15) is 30.0 Å². The highest BCUT2D eigenvalue weighted by Gasteiger charge is 2.26. The maximum atomic E-state index is 7.13. The van der Waals surface area contributed by atoms with Crippen molar-refractivity contribution in [2.24, 2.45) is 15.9 Å². The van der Waals surface area contributed by atoms with Crippen LogP contribution in [0, 0.1) is 5.92 Å². The Bertz CT molecular complexity index is 4280. The van der Waals surface area contributed by atoms with Crippen LogP contribution in [0.25, 0.3) is 109 Å². The maximum Gasteiger partial charge on any atom is 0.160 e. The van der Waals surface area contributed by atoms with Gasteiger partial charge in [0.15, 0.2) is 11.4 Å². The zero-order valence-corrected chi connectivity index (χ0v) is 36.0. The third-order valence-electron chi connectivity index (χ3n) is 13.8. The van der Waals surface area contributed by atoms with Crippen molar-refractivity contribution >= 4 is 115 Å². The van der Waals surface area contributed by atoms with E-state index in [1.165, 1.54) is 43.1 Å². The highest BCUT2D eigenvalue weighted by molar-refractivity contribution is 6.27. The van der Waals surface area contributed by atoms with Crippen molar-refractivity contribution in [1.29, 1.82) is 0 Å². The first kappa shape index (κ1) is 36.9. The van der Waals surface area contributed by atoms with Gasteiger partial charge in [0.1, 0.15) is 16.7 Å². The summed E-state index contributed by atoms with van der Waals surface area (Å²) in [6.07, 6.45) is 3.02. The first-order valence-electron chi connectivity index (χ1n) is 22.7. The number of nitrogens with zero attached hydrogens (tertiary/aromatic N) is 3. The summed E-state index contributed by atoms with van der Waals surface area (Å²) in [7, 11) is 0. The number of hydrogen-bond acceptors (Lipinski definition) is 4. The van der Waals surface area contributed by atoms with Gasteiger partial charge in [0.25, 0.3) is 0 Å². The normalized spacial score (nSPS) is 17.2. The molecule has 66 heavy (non-hydrogen) atoms. The lowest BCUT2D eigenvalue weighted by Crippen LogP contribution is -2.17. The molecule has 1 atom stereocenters. The van der Waals surface area contributed by atoms with E-state index in [1.807, 2.05) is 18.2 Å². The Morgan fingerprint density at radius 2 is 1.08 bits per heavy atom. The molecule has 4 heterocycles. The molecule has 0 N–H and O–H groups in total. The fourth-order valence-electron chi connectivity index (χ4n) is 10.7. The standard InChI is InChI=1S/C61H39N3O2/c1-36-28-32-51(47-25-13-24-46-43-21-8-10-26-54(43)65-59(46)47)62-61(63-57(36)44-23-12-18-37-14-4-6-19-41(37)44)49-31-33-52(60-56(49)48-22-9-11-27-55(48)66-60)64-53-35-40-17-3-2-16-39(40)34-50(53)45-30-29-38-15-5-7-20-42(38)58(45)64/h2-27,29-36H,28H2,1H3/b51-32+,62-61-,63-57+. The van der Waals surface area contributed by atoms with E-state index in [0.717, 1.165) is 95.1 Å². The van der Waals surface area contributed by atoms with Gasteiger partial charge in [-0.1, -0.05) is 165 Å². The molecule has 0 saturated heterocycles. The Kier molecular flexibility index (Phi) is 7.96. The van der Waals surface area contributed by atoms with Crippen molar-refractivity contribution in [3.63, 3.8) is 0 Å². The van der Waals surface area contributed by atoms with Gasteiger partial charge >= 0.3 is 0 Å². The van der Waals surface area contributed by atoms with E-state index in [-0.39, 0.29) is 5.92 Å². The fourth-order valence-corrected chi connectivity index (χ4v) is 10.7. The zero-order valence-electron chi connectivity index (χ0n) is 36.0. The third-order valence-corrected chi connectivity index (χ3v) is 13.8. The first-order chi connectivity index (χ1) is 32.6. The van der Waals surface area contributed by atoms with Gasteiger partial charge in [-0.25, -0.2) is 9.98 Å². The van der Waals surface area contributed by atoms with Crippen LogP contribution in [-0.2, 0) is 0 Å². The van der Waals surface area contributed by atoms with Crippen LogP contribution in [0.3, 0.4) is 0 Å². The molecule has 1 aliphatic heterocycles. The molecule has 0 fully saturated rings. The molecular weight excluding hydrogens is 807 g/mol. The number of aliphatic imine (C=N–C) groups is 2. The van der Waals surface area contributed by atoms with E-state index >= 15 is 0 Å². The molecule has 10 aromatic carbocycles. The van der Waals surface area contributed by atoms with Crippen molar-refractivity contribution in [3.8, 4) is 5.69 Å². The predicted molar refractivity (Wildman–Crippen MR) is 276 cm³/mol. The minimum Gasteiger partial charge on any atom is -0.455 e. The van der Waals surface area contributed by atoms with E-state index in [4.69, 9.17) is 18.8 Å². The van der Waals surface area contributed by atoms with E-state index in [0.29, 0.717) is 5.84 Å². The lowest BCUT2D eigenvalue weighted by molar-refractivity contribution is 0.666. The molecule has 0 aliphatic carbocycles. The highest BCUT2D eigenvalue weighted by Crippen LogP contribution is 2.44. The van der Waals surface area contributed by atoms with Crippen LogP contribution >= 0.6 is 0 Å². The summed E-state index contributed by atoms with van der Waals surface area (Å²) < 4.78 is 16.2. The van der Waals surface area contributed by atoms with Crippen LogP contribution in [0.4, 0.5) is 0 Å². The summed E-state index contributed by atoms with van der Waals surface area (Å²) >= 11 is 0. The molecule has 14 rings (SSSR count). The van der Waals surface area contributed by atoms with Crippen molar-refractivity contribution < 1.29 is 8.83 Å². The molecule has 1 unspecified atom stereocenters. The van der Waals surface area contributed by atoms with Gasteiger partial charge in [-0.15, -0.1) is 0 Å². The minimum absolute atomic E-state index is 0.0581. The summed E-state index contributed by atoms with van der Waals surface area (Å²) in [5, 5.41) is 13.6.